The molecule has 9 heteroatoms. The van der Waals surface area contributed by atoms with Gasteiger partial charge in [-0.3, -0.25) is 14.5 Å². The van der Waals surface area contributed by atoms with Crippen LogP contribution in [0.3, 0.4) is 0 Å². The quantitative estimate of drug-likeness (QED) is 0.647. The van der Waals surface area contributed by atoms with E-state index in [1.165, 1.54) is 4.90 Å². The predicted molar refractivity (Wildman–Crippen MR) is 125 cm³/mol. The van der Waals surface area contributed by atoms with Gasteiger partial charge in [-0.1, -0.05) is 0 Å². The molecule has 0 spiro atoms. The number of carbonyl (C=O) groups is 3. The highest BCUT2D eigenvalue weighted by atomic mass is 16.6. The lowest BCUT2D eigenvalue weighted by Gasteiger charge is -2.37. The van der Waals surface area contributed by atoms with E-state index in [0.29, 0.717) is 37.3 Å². The number of carbonyl (C=O) groups excluding carboxylic acids is 2. The number of nitrogens with zero attached hydrogens (tertiary/aromatic N) is 1. The molecule has 0 aromatic heterocycles. The Labute approximate surface area is 200 Å². The van der Waals surface area contributed by atoms with E-state index >= 15 is 0 Å². The first-order valence-electron chi connectivity index (χ1n) is 11.8. The van der Waals surface area contributed by atoms with Gasteiger partial charge < -0.3 is 24.6 Å². The first-order valence-corrected chi connectivity index (χ1v) is 11.8. The number of amides is 2. The van der Waals surface area contributed by atoms with Crippen LogP contribution in [0.2, 0.25) is 0 Å². The van der Waals surface area contributed by atoms with Crippen LogP contribution in [-0.4, -0.2) is 60.4 Å². The number of aliphatic carboxylic acids is 1. The zero-order valence-electron chi connectivity index (χ0n) is 20.7. The number of hydrogen-bond donors (Lipinski definition) is 2. The highest BCUT2D eigenvalue weighted by molar-refractivity contribution is 5.86. The lowest BCUT2D eigenvalue weighted by molar-refractivity contribution is -0.143. The number of carboxylic acids is 1. The van der Waals surface area contributed by atoms with Crippen molar-refractivity contribution in [3.05, 3.63) is 23.3 Å². The van der Waals surface area contributed by atoms with Crippen LogP contribution in [0.15, 0.2) is 12.1 Å². The van der Waals surface area contributed by atoms with Crippen LogP contribution >= 0.6 is 0 Å². The molecule has 188 valence electrons. The van der Waals surface area contributed by atoms with Crippen LogP contribution in [0.1, 0.15) is 57.6 Å². The monoisotopic (exact) mass is 476 g/mol. The second kappa shape index (κ2) is 10.5. The Morgan fingerprint density at radius 2 is 1.62 bits per heavy atom. The summed E-state index contributed by atoms with van der Waals surface area (Å²) in [5, 5.41) is 12.2. The maximum Gasteiger partial charge on any atom is 0.411 e. The maximum absolute atomic E-state index is 13.3. The molecule has 1 aromatic rings. The summed E-state index contributed by atoms with van der Waals surface area (Å²) in [6, 6.07) is 2.96. The van der Waals surface area contributed by atoms with Crippen LogP contribution in [0.5, 0.6) is 11.5 Å². The van der Waals surface area contributed by atoms with Gasteiger partial charge in [0.25, 0.3) is 0 Å². The summed E-state index contributed by atoms with van der Waals surface area (Å²) in [5.74, 6) is 0.0767. The summed E-state index contributed by atoms with van der Waals surface area (Å²) in [6.07, 6.45) is 2.55. The zero-order chi connectivity index (χ0) is 25.0. The molecule has 9 nitrogen and oxygen atoms in total. The molecule has 34 heavy (non-hydrogen) atoms. The number of fused-ring (bicyclic) bond motifs is 1. The van der Waals surface area contributed by atoms with Crippen LogP contribution in [-0.2, 0) is 27.3 Å². The second-order valence-corrected chi connectivity index (χ2v) is 10.1. The van der Waals surface area contributed by atoms with E-state index in [2.05, 4.69) is 5.32 Å². The van der Waals surface area contributed by atoms with Gasteiger partial charge in [0, 0.05) is 13.0 Å². The fraction of sp³-hybridized carbons (Fsp3) is 0.640. The van der Waals surface area contributed by atoms with Crippen LogP contribution in [0.25, 0.3) is 0 Å². The van der Waals surface area contributed by atoms with E-state index in [1.54, 1.807) is 35.0 Å². The van der Waals surface area contributed by atoms with Crippen molar-refractivity contribution in [3.63, 3.8) is 0 Å². The lowest BCUT2D eigenvalue weighted by Crippen LogP contribution is -2.54. The molecule has 1 fully saturated rings. The van der Waals surface area contributed by atoms with Gasteiger partial charge in [-0.25, -0.2) is 4.79 Å². The molecule has 1 aliphatic heterocycles. The first kappa shape index (κ1) is 25.6. The second-order valence-electron chi connectivity index (χ2n) is 10.1. The molecule has 2 amide bonds. The largest absolute Gasteiger partial charge is 0.493 e. The van der Waals surface area contributed by atoms with Gasteiger partial charge in [0.15, 0.2) is 11.5 Å². The van der Waals surface area contributed by atoms with E-state index < -0.39 is 23.7 Å². The van der Waals surface area contributed by atoms with Gasteiger partial charge in [-0.2, -0.15) is 0 Å². The third-order valence-corrected chi connectivity index (χ3v) is 6.53. The molecular formula is C25H36N2O7. The van der Waals surface area contributed by atoms with Crippen LogP contribution < -0.4 is 14.8 Å². The average molecular weight is 477 g/mol. The average Bonchev–Trinajstić information content (AvgIpc) is 2.79. The van der Waals surface area contributed by atoms with E-state index in [1.807, 2.05) is 12.1 Å². The van der Waals surface area contributed by atoms with Gasteiger partial charge in [-0.15, -0.1) is 0 Å². The highest BCUT2D eigenvalue weighted by Crippen LogP contribution is 2.35. The Hall–Kier alpha value is -2.97. The Bertz CT molecular complexity index is 917. The third kappa shape index (κ3) is 6.12. The molecule has 1 aliphatic carbocycles. The molecule has 1 saturated carbocycles. The number of hydrogen-bond acceptors (Lipinski definition) is 6. The van der Waals surface area contributed by atoms with Crippen molar-refractivity contribution in [1.82, 2.24) is 10.2 Å². The summed E-state index contributed by atoms with van der Waals surface area (Å²) < 4.78 is 16.4. The molecule has 0 bridgehead atoms. The zero-order valence-corrected chi connectivity index (χ0v) is 20.7. The number of rotatable bonds is 6. The lowest BCUT2D eigenvalue weighted by atomic mass is 9.82. The van der Waals surface area contributed by atoms with Gasteiger partial charge in [0.1, 0.15) is 11.6 Å². The molecule has 0 radical (unpaired) electrons. The first-order chi connectivity index (χ1) is 16.0. The Balaban J connectivity index is 1.76. The molecule has 1 heterocycles. The Kier molecular flexibility index (Phi) is 7.94. The number of nitrogens with one attached hydrogen (secondary N) is 1. The molecular weight excluding hydrogens is 440 g/mol. The smallest absolute Gasteiger partial charge is 0.411 e. The number of ether oxygens (including phenoxy) is 3. The summed E-state index contributed by atoms with van der Waals surface area (Å²) in [5.41, 5.74) is 1.10. The molecule has 0 saturated heterocycles. The topological polar surface area (TPSA) is 114 Å². The van der Waals surface area contributed by atoms with Gasteiger partial charge in [0.2, 0.25) is 5.91 Å². The molecule has 0 unspecified atom stereocenters. The van der Waals surface area contributed by atoms with Crippen molar-refractivity contribution < 1.29 is 33.7 Å². The van der Waals surface area contributed by atoms with E-state index in [-0.39, 0.29) is 24.3 Å². The maximum atomic E-state index is 13.3. The van der Waals surface area contributed by atoms with Crippen molar-refractivity contribution in [2.24, 2.45) is 11.8 Å². The van der Waals surface area contributed by atoms with Gasteiger partial charge >= 0.3 is 12.1 Å². The molecule has 1 atom stereocenters. The minimum Gasteiger partial charge on any atom is -0.493 e. The molecule has 2 aliphatic rings. The fourth-order valence-corrected chi connectivity index (χ4v) is 4.64. The van der Waals surface area contributed by atoms with Gasteiger partial charge in [-0.05, 0) is 75.6 Å². The van der Waals surface area contributed by atoms with Crippen molar-refractivity contribution in [2.75, 3.05) is 20.8 Å². The van der Waals surface area contributed by atoms with Crippen molar-refractivity contribution >= 4 is 18.0 Å². The molecule has 2 N–H and O–H groups in total. The predicted octanol–water partition coefficient (Wildman–Crippen LogP) is 3.37. The number of benzene rings is 1. The summed E-state index contributed by atoms with van der Waals surface area (Å²) in [7, 11) is 3.11. The standard InChI is InChI=1S/C25H36N2O7/c1-25(2,3)34-24(31)27-14-18-12-21(33-5)20(32-4)11-17(18)10-19(27)22(28)26-13-15-6-8-16(9-7-15)23(29)30/h11-12,15-16,19H,6-10,13-14H2,1-5H3,(H,26,28)(H,29,30)/t15?,16?,19-/m0/s1. The Morgan fingerprint density at radius 3 is 2.15 bits per heavy atom. The Morgan fingerprint density at radius 1 is 1.03 bits per heavy atom. The normalized spacial score (nSPS) is 22.4. The SMILES string of the molecule is COc1cc2c(cc1OC)CN(C(=O)OC(C)(C)C)[C@H](C(=O)NCC1CCC(C(=O)O)CC1)C2. The summed E-state index contributed by atoms with van der Waals surface area (Å²) in [6.45, 7) is 6.05. The summed E-state index contributed by atoms with van der Waals surface area (Å²) in [4.78, 5) is 39.0. The fourth-order valence-electron chi connectivity index (χ4n) is 4.64. The molecule has 3 rings (SSSR count). The van der Waals surface area contributed by atoms with Crippen molar-refractivity contribution in [3.8, 4) is 11.5 Å². The van der Waals surface area contributed by atoms with Crippen LogP contribution in [0.4, 0.5) is 4.79 Å². The van der Waals surface area contributed by atoms with Crippen LogP contribution in [0, 0.1) is 11.8 Å². The highest BCUT2D eigenvalue weighted by Gasteiger charge is 2.38. The third-order valence-electron chi connectivity index (χ3n) is 6.53. The number of methoxy groups -OCH3 is 2. The van der Waals surface area contributed by atoms with E-state index in [4.69, 9.17) is 14.2 Å². The van der Waals surface area contributed by atoms with Crippen molar-refractivity contribution in [1.29, 1.82) is 0 Å². The minimum atomic E-state index is -0.747. The van der Waals surface area contributed by atoms with E-state index in [0.717, 1.165) is 24.0 Å². The van der Waals surface area contributed by atoms with Gasteiger partial charge in [0.05, 0.1) is 26.7 Å². The summed E-state index contributed by atoms with van der Waals surface area (Å²) >= 11 is 0. The van der Waals surface area contributed by atoms with Crippen molar-refractivity contribution in [2.45, 2.75) is 71.1 Å². The minimum absolute atomic E-state index is 0.215. The van der Waals surface area contributed by atoms with E-state index in [9.17, 15) is 19.5 Å². The number of carboxylic acid groups (broad SMARTS) is 1. The molecule has 1 aromatic carbocycles.